The Bertz CT molecular complexity index is 953. The van der Waals surface area contributed by atoms with Crippen molar-refractivity contribution in [2.45, 2.75) is 6.92 Å². The summed E-state index contributed by atoms with van der Waals surface area (Å²) in [6, 6.07) is 11.2. The highest BCUT2D eigenvalue weighted by atomic mass is 35.5. The summed E-state index contributed by atoms with van der Waals surface area (Å²) in [7, 11) is 0. The summed E-state index contributed by atoms with van der Waals surface area (Å²) in [4.78, 5) is 27.6. The Morgan fingerprint density at radius 3 is 2.73 bits per heavy atom. The quantitative estimate of drug-likeness (QED) is 0.489. The number of nitrogens with zero attached hydrogens (tertiary/aromatic N) is 2. The first-order valence-electron chi connectivity index (χ1n) is 7.88. The van der Waals surface area contributed by atoms with Crippen LogP contribution in [0.25, 0.3) is 0 Å². The van der Waals surface area contributed by atoms with E-state index in [-0.39, 0.29) is 11.4 Å². The first kappa shape index (κ1) is 17.6. The van der Waals surface area contributed by atoms with Crippen LogP contribution in [-0.2, 0) is 4.79 Å². The maximum Gasteiger partial charge on any atom is 0.275 e. The van der Waals surface area contributed by atoms with Gasteiger partial charge in [0.25, 0.3) is 11.6 Å². The minimum absolute atomic E-state index is 0.100. The Balaban J connectivity index is 2.27. The van der Waals surface area contributed by atoms with Crippen molar-refractivity contribution in [3.05, 3.63) is 80.6 Å². The molecule has 0 fully saturated rings. The normalized spacial score (nSPS) is 14.9. The lowest BCUT2D eigenvalue weighted by Gasteiger charge is -2.10. The third-order valence-corrected chi connectivity index (χ3v) is 4.08. The molecular formula is C18H15ClN4O3. The standard InChI is InChI=1S/C18H15ClN4O3/c1-2-20-10-16-18(24)22-15-8-7-11(23(25)26)9-13(15)17(21-16)12-5-3-4-6-14(12)19/h3-10,20H,2H2,1H3,(H,22,24). The highest BCUT2D eigenvalue weighted by molar-refractivity contribution is 6.36. The first-order valence-corrected chi connectivity index (χ1v) is 8.26. The van der Waals surface area contributed by atoms with Gasteiger partial charge < -0.3 is 10.6 Å². The minimum Gasteiger partial charge on any atom is -0.389 e. The van der Waals surface area contributed by atoms with Crippen LogP contribution in [0.1, 0.15) is 18.1 Å². The Morgan fingerprint density at radius 1 is 1.27 bits per heavy atom. The molecule has 8 heteroatoms. The lowest BCUT2D eigenvalue weighted by molar-refractivity contribution is -0.384. The molecule has 0 saturated heterocycles. The van der Waals surface area contributed by atoms with Crippen LogP contribution >= 0.6 is 11.6 Å². The zero-order valence-corrected chi connectivity index (χ0v) is 14.6. The molecule has 1 aliphatic heterocycles. The van der Waals surface area contributed by atoms with E-state index in [9.17, 15) is 14.9 Å². The lowest BCUT2D eigenvalue weighted by atomic mass is 10.00. The summed E-state index contributed by atoms with van der Waals surface area (Å²) in [6.45, 7) is 2.51. The molecule has 0 aliphatic carbocycles. The number of rotatable bonds is 4. The van der Waals surface area contributed by atoms with Crippen molar-refractivity contribution in [2.75, 3.05) is 11.9 Å². The second-order valence-electron chi connectivity index (χ2n) is 5.47. The monoisotopic (exact) mass is 370 g/mol. The predicted octanol–water partition coefficient (Wildman–Crippen LogP) is 3.49. The molecule has 0 aromatic heterocycles. The highest BCUT2D eigenvalue weighted by Gasteiger charge is 2.24. The van der Waals surface area contributed by atoms with Crippen molar-refractivity contribution in [3.8, 4) is 0 Å². The van der Waals surface area contributed by atoms with Gasteiger partial charge >= 0.3 is 0 Å². The average molecular weight is 371 g/mol. The van der Waals surface area contributed by atoms with Crippen LogP contribution in [0.5, 0.6) is 0 Å². The molecule has 2 N–H and O–H groups in total. The molecule has 2 aromatic carbocycles. The number of benzene rings is 2. The molecule has 0 unspecified atom stereocenters. The number of non-ortho nitro benzene ring substituents is 1. The van der Waals surface area contributed by atoms with E-state index in [1.165, 1.54) is 24.4 Å². The van der Waals surface area contributed by atoms with Gasteiger partial charge in [-0.3, -0.25) is 14.9 Å². The zero-order valence-electron chi connectivity index (χ0n) is 13.8. The number of aliphatic imine (C=N–C) groups is 1. The topological polar surface area (TPSA) is 96.6 Å². The van der Waals surface area contributed by atoms with Crippen LogP contribution < -0.4 is 10.6 Å². The molecule has 0 bridgehead atoms. The van der Waals surface area contributed by atoms with Gasteiger partial charge in [-0.15, -0.1) is 0 Å². The maximum atomic E-state index is 12.5. The SMILES string of the molecule is CCNC=C1N=C(c2ccccc2Cl)c2cc([N+](=O)[O-])ccc2NC1=O. The van der Waals surface area contributed by atoms with Crippen LogP contribution in [0.3, 0.4) is 0 Å². The Morgan fingerprint density at radius 2 is 2.04 bits per heavy atom. The minimum atomic E-state index is -0.493. The van der Waals surface area contributed by atoms with Crippen LogP contribution in [-0.4, -0.2) is 23.1 Å². The second-order valence-corrected chi connectivity index (χ2v) is 5.88. The number of nitro benzene ring substituents is 1. The number of benzodiazepines with no additional fused rings is 1. The number of halogens is 1. The van der Waals surface area contributed by atoms with Crippen molar-refractivity contribution in [1.29, 1.82) is 0 Å². The smallest absolute Gasteiger partial charge is 0.275 e. The number of hydrogen-bond donors (Lipinski definition) is 2. The fourth-order valence-corrected chi connectivity index (χ4v) is 2.75. The molecule has 1 heterocycles. The van der Waals surface area contributed by atoms with E-state index in [0.717, 1.165) is 0 Å². The van der Waals surface area contributed by atoms with E-state index in [1.54, 1.807) is 24.3 Å². The molecule has 3 rings (SSSR count). The van der Waals surface area contributed by atoms with Crippen molar-refractivity contribution in [1.82, 2.24) is 5.32 Å². The van der Waals surface area contributed by atoms with Crippen LogP contribution in [0.2, 0.25) is 5.02 Å². The van der Waals surface area contributed by atoms with E-state index in [2.05, 4.69) is 15.6 Å². The van der Waals surface area contributed by atoms with Gasteiger partial charge in [0.15, 0.2) is 0 Å². The summed E-state index contributed by atoms with van der Waals surface area (Å²) in [5, 5.41) is 17.3. The number of hydrogen-bond acceptors (Lipinski definition) is 5. The number of nitrogens with one attached hydrogen (secondary N) is 2. The predicted molar refractivity (Wildman–Crippen MR) is 101 cm³/mol. The maximum absolute atomic E-state index is 12.5. The molecule has 1 amide bonds. The fraction of sp³-hybridized carbons (Fsp3) is 0.111. The van der Waals surface area contributed by atoms with Crippen LogP contribution in [0.15, 0.2) is 59.4 Å². The number of carbonyl (C=O) groups excluding carboxylic acids is 1. The Hall–Kier alpha value is -3.19. The molecule has 2 aromatic rings. The van der Waals surface area contributed by atoms with E-state index < -0.39 is 10.8 Å². The van der Waals surface area contributed by atoms with Gasteiger partial charge in [-0.25, -0.2) is 4.99 Å². The number of fused-ring (bicyclic) bond motifs is 1. The van der Waals surface area contributed by atoms with Gasteiger partial charge in [0, 0.05) is 41.0 Å². The van der Waals surface area contributed by atoms with E-state index >= 15 is 0 Å². The first-order chi connectivity index (χ1) is 12.5. The summed E-state index contributed by atoms with van der Waals surface area (Å²) in [6.07, 6.45) is 1.51. The van der Waals surface area contributed by atoms with E-state index in [1.807, 2.05) is 6.92 Å². The Labute approximate surface area is 154 Å². The molecule has 7 nitrogen and oxygen atoms in total. The number of amides is 1. The molecule has 0 radical (unpaired) electrons. The van der Waals surface area contributed by atoms with Gasteiger partial charge in [-0.1, -0.05) is 29.8 Å². The number of nitro groups is 1. The second kappa shape index (κ2) is 7.37. The van der Waals surface area contributed by atoms with E-state index in [0.29, 0.717) is 34.1 Å². The summed E-state index contributed by atoms with van der Waals surface area (Å²) < 4.78 is 0. The fourth-order valence-electron chi connectivity index (χ4n) is 2.52. The molecule has 1 aliphatic rings. The summed E-state index contributed by atoms with van der Waals surface area (Å²) in [5.41, 5.74) is 1.88. The molecule has 26 heavy (non-hydrogen) atoms. The molecule has 0 spiro atoms. The Kier molecular flexibility index (Phi) is 4.99. The van der Waals surface area contributed by atoms with E-state index in [4.69, 9.17) is 11.6 Å². The number of anilines is 1. The number of carbonyl (C=O) groups is 1. The lowest BCUT2D eigenvalue weighted by Crippen LogP contribution is -2.15. The van der Waals surface area contributed by atoms with Crippen molar-refractivity contribution in [2.24, 2.45) is 4.99 Å². The highest BCUT2D eigenvalue weighted by Crippen LogP contribution is 2.30. The summed E-state index contributed by atoms with van der Waals surface area (Å²) >= 11 is 6.31. The molecule has 132 valence electrons. The van der Waals surface area contributed by atoms with Crippen molar-refractivity contribution in [3.63, 3.8) is 0 Å². The van der Waals surface area contributed by atoms with Gasteiger partial charge in [0.05, 0.1) is 16.3 Å². The molecular weight excluding hydrogens is 356 g/mol. The van der Waals surface area contributed by atoms with Crippen LogP contribution in [0, 0.1) is 10.1 Å². The van der Waals surface area contributed by atoms with Gasteiger partial charge in [0.2, 0.25) is 0 Å². The molecule has 0 atom stereocenters. The van der Waals surface area contributed by atoms with Gasteiger partial charge in [0.1, 0.15) is 5.70 Å². The summed E-state index contributed by atoms with van der Waals surface area (Å²) in [5.74, 6) is -0.414. The molecule has 0 saturated carbocycles. The largest absolute Gasteiger partial charge is 0.389 e. The van der Waals surface area contributed by atoms with Crippen molar-refractivity contribution >= 4 is 34.6 Å². The third-order valence-electron chi connectivity index (χ3n) is 3.75. The van der Waals surface area contributed by atoms with Gasteiger partial charge in [-0.2, -0.15) is 0 Å². The average Bonchev–Trinajstić information content (AvgIpc) is 2.76. The zero-order chi connectivity index (χ0) is 18.7. The van der Waals surface area contributed by atoms with Gasteiger partial charge in [-0.05, 0) is 19.1 Å². The third kappa shape index (κ3) is 3.43. The van der Waals surface area contributed by atoms with Crippen LogP contribution in [0.4, 0.5) is 11.4 Å². The van der Waals surface area contributed by atoms with Crippen molar-refractivity contribution < 1.29 is 9.72 Å².